The Kier molecular flexibility index (Phi) is 4.82. The average molecular weight is 245 g/mol. The predicted octanol–water partition coefficient (Wildman–Crippen LogP) is 4.36. The van der Waals surface area contributed by atoms with Crippen LogP contribution in [0.5, 0.6) is 0 Å². The summed E-state index contributed by atoms with van der Waals surface area (Å²) in [6.07, 6.45) is 6.99. The van der Waals surface area contributed by atoms with Crippen molar-refractivity contribution in [1.29, 1.82) is 0 Å². The normalized spacial score (nSPS) is 24.8. The fraction of sp³-hybridized carbons (Fsp3) is 0.647. The Hall–Kier alpha value is -0.820. The second kappa shape index (κ2) is 6.38. The first-order chi connectivity index (χ1) is 8.66. The van der Waals surface area contributed by atoms with Gasteiger partial charge in [0, 0.05) is 12.6 Å². The summed E-state index contributed by atoms with van der Waals surface area (Å²) in [5.74, 6) is 0.832. The summed E-state index contributed by atoms with van der Waals surface area (Å²) in [7, 11) is 0. The maximum absolute atomic E-state index is 3.79. The van der Waals surface area contributed by atoms with Gasteiger partial charge in [0.1, 0.15) is 0 Å². The number of hydrogen-bond acceptors (Lipinski definition) is 1. The standard InChI is InChI=1S/C17H27N/c1-13-9-10-16(15(3)11-13)12-18-17-8-6-4-5-7-14(17)2/h9-11,14,17-18H,4-8,12H2,1-3H3. The van der Waals surface area contributed by atoms with Gasteiger partial charge < -0.3 is 5.32 Å². The molecule has 0 saturated heterocycles. The van der Waals surface area contributed by atoms with Crippen LogP contribution in [0.2, 0.25) is 0 Å². The van der Waals surface area contributed by atoms with Crippen LogP contribution in [0.4, 0.5) is 0 Å². The molecule has 100 valence electrons. The molecule has 0 bridgehead atoms. The van der Waals surface area contributed by atoms with Crippen molar-refractivity contribution in [1.82, 2.24) is 5.32 Å². The Labute approximate surface area is 112 Å². The lowest BCUT2D eigenvalue weighted by Gasteiger charge is -2.23. The third kappa shape index (κ3) is 3.58. The van der Waals surface area contributed by atoms with E-state index in [1.807, 2.05) is 0 Å². The quantitative estimate of drug-likeness (QED) is 0.780. The van der Waals surface area contributed by atoms with E-state index in [1.54, 1.807) is 0 Å². The number of rotatable bonds is 3. The highest BCUT2D eigenvalue weighted by Gasteiger charge is 2.19. The molecule has 1 saturated carbocycles. The van der Waals surface area contributed by atoms with E-state index < -0.39 is 0 Å². The second-order valence-electron chi connectivity index (χ2n) is 6.03. The molecule has 2 unspecified atom stereocenters. The minimum Gasteiger partial charge on any atom is -0.310 e. The first-order valence-corrected chi connectivity index (χ1v) is 7.46. The van der Waals surface area contributed by atoms with Crippen LogP contribution in [0.25, 0.3) is 0 Å². The van der Waals surface area contributed by atoms with Gasteiger partial charge in [0.25, 0.3) is 0 Å². The predicted molar refractivity (Wildman–Crippen MR) is 78.8 cm³/mol. The molecule has 1 heteroatoms. The lowest BCUT2D eigenvalue weighted by molar-refractivity contribution is 0.356. The van der Waals surface area contributed by atoms with E-state index in [0.29, 0.717) is 6.04 Å². The number of benzene rings is 1. The minimum atomic E-state index is 0.716. The molecule has 0 aliphatic heterocycles. The molecule has 0 amide bonds. The van der Waals surface area contributed by atoms with Crippen LogP contribution in [0.3, 0.4) is 0 Å². The Morgan fingerprint density at radius 1 is 1.11 bits per heavy atom. The van der Waals surface area contributed by atoms with Gasteiger partial charge in [-0.15, -0.1) is 0 Å². The topological polar surface area (TPSA) is 12.0 Å². The largest absolute Gasteiger partial charge is 0.310 e. The molecule has 2 rings (SSSR count). The van der Waals surface area contributed by atoms with Crippen LogP contribution in [0.15, 0.2) is 18.2 Å². The van der Waals surface area contributed by atoms with Crippen molar-refractivity contribution >= 4 is 0 Å². The van der Waals surface area contributed by atoms with E-state index in [0.717, 1.165) is 12.5 Å². The fourth-order valence-corrected chi connectivity index (χ4v) is 3.08. The molecular weight excluding hydrogens is 218 g/mol. The Morgan fingerprint density at radius 2 is 1.89 bits per heavy atom. The lowest BCUT2D eigenvalue weighted by atomic mass is 9.96. The van der Waals surface area contributed by atoms with E-state index in [4.69, 9.17) is 0 Å². The van der Waals surface area contributed by atoms with Crippen LogP contribution in [-0.4, -0.2) is 6.04 Å². The molecule has 1 aliphatic carbocycles. The fourth-order valence-electron chi connectivity index (χ4n) is 3.08. The highest BCUT2D eigenvalue weighted by atomic mass is 14.9. The van der Waals surface area contributed by atoms with Crippen LogP contribution in [0, 0.1) is 19.8 Å². The summed E-state index contributed by atoms with van der Waals surface area (Å²) in [6, 6.07) is 7.50. The van der Waals surface area contributed by atoms with Gasteiger partial charge in [-0.25, -0.2) is 0 Å². The summed E-state index contributed by atoms with van der Waals surface area (Å²) in [5, 5.41) is 3.79. The highest BCUT2D eigenvalue weighted by Crippen LogP contribution is 2.23. The SMILES string of the molecule is Cc1ccc(CNC2CCCCCC2C)c(C)c1. The monoisotopic (exact) mass is 245 g/mol. The summed E-state index contributed by atoms with van der Waals surface area (Å²) in [4.78, 5) is 0. The molecule has 1 aliphatic rings. The molecule has 0 aromatic heterocycles. The zero-order valence-corrected chi connectivity index (χ0v) is 12.1. The maximum Gasteiger partial charge on any atom is 0.0210 e. The third-order valence-corrected chi connectivity index (χ3v) is 4.41. The molecule has 1 N–H and O–H groups in total. The van der Waals surface area contributed by atoms with Crippen LogP contribution < -0.4 is 5.32 Å². The van der Waals surface area contributed by atoms with E-state index in [9.17, 15) is 0 Å². The van der Waals surface area contributed by atoms with Crippen molar-refractivity contribution < 1.29 is 0 Å². The molecule has 1 aromatic carbocycles. The van der Waals surface area contributed by atoms with Crippen molar-refractivity contribution in [3.05, 3.63) is 34.9 Å². The zero-order valence-electron chi connectivity index (χ0n) is 12.1. The van der Waals surface area contributed by atoms with E-state index in [1.165, 1.54) is 48.8 Å². The number of hydrogen-bond donors (Lipinski definition) is 1. The Morgan fingerprint density at radius 3 is 2.67 bits per heavy atom. The summed E-state index contributed by atoms with van der Waals surface area (Å²) < 4.78 is 0. The molecule has 1 nitrogen and oxygen atoms in total. The summed E-state index contributed by atoms with van der Waals surface area (Å²) in [6.45, 7) is 7.82. The summed E-state index contributed by atoms with van der Waals surface area (Å²) in [5.41, 5.74) is 4.24. The summed E-state index contributed by atoms with van der Waals surface area (Å²) >= 11 is 0. The van der Waals surface area contributed by atoms with Gasteiger partial charge >= 0.3 is 0 Å². The zero-order chi connectivity index (χ0) is 13.0. The van der Waals surface area contributed by atoms with E-state index >= 15 is 0 Å². The van der Waals surface area contributed by atoms with Crippen LogP contribution >= 0.6 is 0 Å². The molecule has 1 aromatic rings. The first-order valence-electron chi connectivity index (χ1n) is 7.46. The van der Waals surface area contributed by atoms with Crippen molar-refractivity contribution in [3.8, 4) is 0 Å². The minimum absolute atomic E-state index is 0.716. The van der Waals surface area contributed by atoms with Crippen molar-refractivity contribution in [3.63, 3.8) is 0 Å². The molecule has 0 heterocycles. The molecule has 1 fully saturated rings. The van der Waals surface area contributed by atoms with Gasteiger partial charge in [-0.2, -0.15) is 0 Å². The number of aryl methyl sites for hydroxylation is 2. The van der Waals surface area contributed by atoms with Gasteiger partial charge in [0.2, 0.25) is 0 Å². The molecule has 0 radical (unpaired) electrons. The molecule has 0 spiro atoms. The number of nitrogens with one attached hydrogen (secondary N) is 1. The molecular formula is C17H27N. The second-order valence-corrected chi connectivity index (χ2v) is 6.03. The third-order valence-electron chi connectivity index (χ3n) is 4.41. The van der Waals surface area contributed by atoms with E-state index in [-0.39, 0.29) is 0 Å². The van der Waals surface area contributed by atoms with Crippen molar-refractivity contribution in [2.24, 2.45) is 5.92 Å². The highest BCUT2D eigenvalue weighted by molar-refractivity contribution is 5.30. The average Bonchev–Trinajstić information content (AvgIpc) is 2.53. The van der Waals surface area contributed by atoms with Crippen molar-refractivity contribution in [2.45, 2.75) is 65.5 Å². The van der Waals surface area contributed by atoms with Crippen molar-refractivity contribution in [2.75, 3.05) is 0 Å². The van der Waals surface area contributed by atoms with Gasteiger partial charge in [-0.1, -0.05) is 49.9 Å². The van der Waals surface area contributed by atoms with E-state index in [2.05, 4.69) is 44.3 Å². The van der Waals surface area contributed by atoms with Gasteiger partial charge in [-0.05, 0) is 43.7 Å². The lowest BCUT2D eigenvalue weighted by Crippen LogP contribution is -2.33. The van der Waals surface area contributed by atoms with Crippen LogP contribution in [0.1, 0.15) is 55.7 Å². The Balaban J connectivity index is 1.93. The molecule has 2 atom stereocenters. The Bertz CT molecular complexity index is 383. The van der Waals surface area contributed by atoms with Gasteiger partial charge in [-0.3, -0.25) is 0 Å². The first kappa shape index (κ1) is 13.6. The maximum atomic E-state index is 3.79. The van der Waals surface area contributed by atoms with Gasteiger partial charge in [0.15, 0.2) is 0 Å². The van der Waals surface area contributed by atoms with Crippen LogP contribution in [-0.2, 0) is 6.54 Å². The smallest absolute Gasteiger partial charge is 0.0210 e. The molecule has 18 heavy (non-hydrogen) atoms. The van der Waals surface area contributed by atoms with Gasteiger partial charge in [0.05, 0.1) is 0 Å².